The van der Waals surface area contributed by atoms with Crippen molar-refractivity contribution in [3.63, 3.8) is 0 Å². The van der Waals surface area contributed by atoms with Crippen LogP contribution in [0.15, 0.2) is 22.5 Å². The van der Waals surface area contributed by atoms with Gasteiger partial charge in [0, 0.05) is 17.7 Å². The van der Waals surface area contributed by atoms with E-state index in [9.17, 15) is 14.9 Å². The van der Waals surface area contributed by atoms with E-state index in [2.05, 4.69) is 20.8 Å². The van der Waals surface area contributed by atoms with Gasteiger partial charge in [0.1, 0.15) is 5.69 Å². The molecule has 0 bridgehead atoms. The molecule has 1 heterocycles. The van der Waals surface area contributed by atoms with Crippen LogP contribution in [0.3, 0.4) is 0 Å². The van der Waals surface area contributed by atoms with Crippen LogP contribution in [-0.4, -0.2) is 32.8 Å². The number of nitro benzene ring substituents is 1. The third-order valence-corrected chi connectivity index (χ3v) is 5.14. The monoisotopic (exact) mass is 365 g/mol. The molecule has 2 aromatic rings. The van der Waals surface area contributed by atoms with Crippen molar-refractivity contribution in [2.45, 2.75) is 30.1 Å². The molecule has 10 heteroatoms. The van der Waals surface area contributed by atoms with Crippen LogP contribution in [0.1, 0.15) is 30.1 Å². The fraction of sp³-hybridized carbons (Fsp3) is 0.357. The van der Waals surface area contributed by atoms with Crippen molar-refractivity contribution in [1.29, 1.82) is 0 Å². The highest BCUT2D eigenvalue weighted by Gasteiger charge is 2.25. The van der Waals surface area contributed by atoms with Gasteiger partial charge in [-0.25, -0.2) is 0 Å². The molecule has 0 spiro atoms. The first-order valence-corrected chi connectivity index (χ1v) is 9.19. The van der Waals surface area contributed by atoms with Gasteiger partial charge in [0.2, 0.25) is 5.13 Å². The van der Waals surface area contributed by atoms with E-state index in [0.717, 1.165) is 22.9 Å². The summed E-state index contributed by atoms with van der Waals surface area (Å²) >= 11 is 2.81. The molecule has 8 nitrogen and oxygen atoms in total. The Morgan fingerprint density at radius 1 is 1.46 bits per heavy atom. The summed E-state index contributed by atoms with van der Waals surface area (Å²) in [6.45, 7) is 2.00. The van der Waals surface area contributed by atoms with Crippen LogP contribution in [0.25, 0.3) is 0 Å². The number of hydrogen-bond acceptors (Lipinski definition) is 8. The Balaban J connectivity index is 1.75. The molecule has 0 radical (unpaired) electrons. The molecule has 1 amide bonds. The lowest BCUT2D eigenvalue weighted by molar-refractivity contribution is -0.384. The Hall–Kier alpha value is -2.20. The number of anilines is 2. The average Bonchev–Trinajstić information content (AvgIpc) is 3.26. The topological polar surface area (TPSA) is 110 Å². The lowest BCUT2D eigenvalue weighted by Gasteiger charge is -2.07. The number of rotatable bonds is 7. The van der Waals surface area contributed by atoms with Crippen molar-refractivity contribution in [2.75, 3.05) is 16.4 Å². The number of carbonyl (C=O) groups excluding carboxylic acids is 1. The molecule has 1 aromatic heterocycles. The standard InChI is InChI=1S/C14H15N5O3S2/c1-2-23-14-18-17-13(24-14)16-12(20)8-3-6-10(15-9-4-5-9)11(7-8)19(21)22/h3,6-7,9,15H,2,4-5H2,1H3,(H,16,17,20). The van der Waals surface area contributed by atoms with Gasteiger partial charge in [-0.1, -0.05) is 30.0 Å². The van der Waals surface area contributed by atoms with E-state index in [1.54, 1.807) is 12.1 Å². The van der Waals surface area contributed by atoms with Crippen LogP contribution in [0, 0.1) is 10.1 Å². The van der Waals surface area contributed by atoms with E-state index in [0.29, 0.717) is 16.9 Å². The SMILES string of the molecule is CCSc1nnc(NC(=O)c2ccc(NC3CC3)c([N+](=O)[O-])c2)s1. The Bertz CT molecular complexity index is 776. The Morgan fingerprint density at radius 2 is 2.25 bits per heavy atom. The van der Waals surface area contributed by atoms with Crippen molar-refractivity contribution < 1.29 is 9.72 Å². The average molecular weight is 365 g/mol. The van der Waals surface area contributed by atoms with Gasteiger partial charge in [-0.05, 0) is 30.7 Å². The first kappa shape index (κ1) is 16.7. The van der Waals surface area contributed by atoms with Crippen LogP contribution >= 0.6 is 23.1 Å². The van der Waals surface area contributed by atoms with Crippen LogP contribution < -0.4 is 10.6 Å². The van der Waals surface area contributed by atoms with Crippen molar-refractivity contribution in [1.82, 2.24) is 10.2 Å². The summed E-state index contributed by atoms with van der Waals surface area (Å²) in [7, 11) is 0. The molecule has 0 aliphatic heterocycles. The minimum absolute atomic E-state index is 0.103. The Labute approximate surface area is 146 Å². The second-order valence-electron chi connectivity index (χ2n) is 5.17. The number of thioether (sulfide) groups is 1. The summed E-state index contributed by atoms with van der Waals surface area (Å²) in [5.41, 5.74) is 0.550. The molecule has 1 aliphatic rings. The van der Waals surface area contributed by atoms with Crippen LogP contribution in [0.2, 0.25) is 0 Å². The summed E-state index contributed by atoms with van der Waals surface area (Å²) in [6.07, 6.45) is 2.02. The number of carbonyl (C=O) groups is 1. The zero-order valence-electron chi connectivity index (χ0n) is 12.8. The molecule has 1 fully saturated rings. The summed E-state index contributed by atoms with van der Waals surface area (Å²) in [5, 5.41) is 25.2. The van der Waals surface area contributed by atoms with Crippen LogP contribution in [0.4, 0.5) is 16.5 Å². The lowest BCUT2D eigenvalue weighted by Crippen LogP contribution is -2.13. The highest BCUT2D eigenvalue weighted by Crippen LogP contribution is 2.32. The summed E-state index contributed by atoms with van der Waals surface area (Å²) < 4.78 is 0.766. The number of nitrogens with one attached hydrogen (secondary N) is 2. The molecule has 1 saturated carbocycles. The molecule has 126 valence electrons. The predicted molar refractivity (Wildman–Crippen MR) is 94.0 cm³/mol. The molecular weight excluding hydrogens is 350 g/mol. The van der Waals surface area contributed by atoms with E-state index >= 15 is 0 Å². The zero-order chi connectivity index (χ0) is 17.1. The molecule has 0 unspecified atom stereocenters. The highest BCUT2D eigenvalue weighted by molar-refractivity contribution is 8.01. The number of hydrogen-bond donors (Lipinski definition) is 2. The summed E-state index contributed by atoms with van der Waals surface area (Å²) in [6, 6.07) is 4.71. The summed E-state index contributed by atoms with van der Waals surface area (Å²) in [4.78, 5) is 23.0. The largest absolute Gasteiger partial charge is 0.377 e. The van der Waals surface area contributed by atoms with Crippen LogP contribution in [-0.2, 0) is 0 Å². The molecular formula is C14H15N5O3S2. The predicted octanol–water partition coefficient (Wildman–Crippen LogP) is 3.38. The van der Waals surface area contributed by atoms with Gasteiger partial charge in [-0.2, -0.15) is 0 Å². The van der Waals surface area contributed by atoms with Gasteiger partial charge in [-0.3, -0.25) is 20.2 Å². The normalized spacial score (nSPS) is 13.5. The number of nitro groups is 1. The maximum Gasteiger partial charge on any atom is 0.293 e. The second kappa shape index (κ2) is 7.14. The van der Waals surface area contributed by atoms with Gasteiger partial charge in [0.15, 0.2) is 4.34 Å². The highest BCUT2D eigenvalue weighted by atomic mass is 32.2. The maximum atomic E-state index is 12.3. The van der Waals surface area contributed by atoms with Crippen molar-refractivity contribution in [3.05, 3.63) is 33.9 Å². The minimum atomic E-state index is -0.484. The number of aromatic nitrogens is 2. The quantitative estimate of drug-likeness (QED) is 0.335. The van der Waals surface area contributed by atoms with Gasteiger partial charge < -0.3 is 5.32 Å². The van der Waals surface area contributed by atoms with Crippen molar-refractivity contribution in [2.24, 2.45) is 0 Å². The fourth-order valence-electron chi connectivity index (χ4n) is 2.00. The third kappa shape index (κ3) is 4.01. The smallest absolute Gasteiger partial charge is 0.293 e. The molecule has 0 saturated heterocycles. The molecule has 1 aliphatic carbocycles. The third-order valence-electron chi connectivity index (χ3n) is 3.29. The van der Waals surface area contributed by atoms with Gasteiger partial charge in [0.25, 0.3) is 11.6 Å². The number of nitrogens with zero attached hydrogens (tertiary/aromatic N) is 3. The first-order valence-electron chi connectivity index (χ1n) is 7.39. The second-order valence-corrected chi connectivity index (χ2v) is 7.66. The van der Waals surface area contributed by atoms with E-state index < -0.39 is 10.8 Å². The van der Waals surface area contributed by atoms with E-state index in [1.807, 2.05) is 6.92 Å². The molecule has 24 heavy (non-hydrogen) atoms. The molecule has 3 rings (SSSR count). The number of benzene rings is 1. The fourth-order valence-corrected chi connectivity index (χ4v) is 3.65. The molecule has 1 aromatic carbocycles. The number of amides is 1. The van der Waals surface area contributed by atoms with E-state index in [-0.39, 0.29) is 11.3 Å². The van der Waals surface area contributed by atoms with Crippen LogP contribution in [0.5, 0.6) is 0 Å². The van der Waals surface area contributed by atoms with Gasteiger partial charge in [-0.15, -0.1) is 10.2 Å². The van der Waals surface area contributed by atoms with Gasteiger partial charge >= 0.3 is 0 Å². The van der Waals surface area contributed by atoms with E-state index in [1.165, 1.54) is 29.2 Å². The van der Waals surface area contributed by atoms with Crippen molar-refractivity contribution in [3.8, 4) is 0 Å². The van der Waals surface area contributed by atoms with E-state index in [4.69, 9.17) is 0 Å². The van der Waals surface area contributed by atoms with Crippen molar-refractivity contribution >= 4 is 45.5 Å². The zero-order valence-corrected chi connectivity index (χ0v) is 14.4. The Morgan fingerprint density at radius 3 is 2.92 bits per heavy atom. The Kier molecular flexibility index (Phi) is 4.95. The first-order chi connectivity index (χ1) is 11.6. The minimum Gasteiger partial charge on any atom is -0.377 e. The lowest BCUT2D eigenvalue weighted by atomic mass is 10.1. The summed E-state index contributed by atoms with van der Waals surface area (Å²) in [5.74, 6) is 0.421. The van der Waals surface area contributed by atoms with Gasteiger partial charge in [0.05, 0.1) is 4.92 Å². The molecule has 0 atom stereocenters. The molecule has 2 N–H and O–H groups in total. The maximum absolute atomic E-state index is 12.3.